The molecule has 0 spiro atoms. The zero-order valence-electron chi connectivity index (χ0n) is 17.3. The number of ether oxygens (including phenoxy) is 1. The van der Waals surface area contributed by atoms with Crippen molar-refractivity contribution in [3.05, 3.63) is 77.6 Å². The van der Waals surface area contributed by atoms with E-state index in [-0.39, 0.29) is 6.54 Å². The van der Waals surface area contributed by atoms with E-state index >= 15 is 0 Å². The Morgan fingerprint density at radius 3 is 2.61 bits per heavy atom. The number of benzene rings is 3. The number of hydrogen-bond donors (Lipinski definition) is 1. The molecule has 1 aliphatic heterocycles. The molecule has 0 radical (unpaired) electrons. The van der Waals surface area contributed by atoms with Crippen LogP contribution in [-0.4, -0.2) is 48.8 Å². The molecule has 0 fully saturated rings. The van der Waals surface area contributed by atoms with Crippen LogP contribution in [0.25, 0.3) is 10.8 Å². The highest BCUT2D eigenvalue weighted by atomic mass is 19.1. The number of aliphatic carboxylic acids is 1. The van der Waals surface area contributed by atoms with Crippen molar-refractivity contribution in [1.29, 1.82) is 0 Å². The number of carbonyl (C=O) groups excluding carboxylic acids is 1. The van der Waals surface area contributed by atoms with Gasteiger partial charge in [0.15, 0.2) is 0 Å². The van der Waals surface area contributed by atoms with Crippen molar-refractivity contribution in [2.24, 2.45) is 0 Å². The second kappa shape index (κ2) is 8.26. The number of nitrogens with zero attached hydrogens (tertiary/aromatic N) is 2. The van der Waals surface area contributed by atoms with Gasteiger partial charge in [0.05, 0.1) is 7.11 Å². The summed E-state index contributed by atoms with van der Waals surface area (Å²) in [7, 11) is 2.81. The van der Waals surface area contributed by atoms with Gasteiger partial charge in [-0.15, -0.1) is 0 Å². The maximum absolute atomic E-state index is 14.1. The van der Waals surface area contributed by atoms with Crippen LogP contribution in [0, 0.1) is 5.82 Å². The largest absolute Gasteiger partial charge is 0.480 e. The van der Waals surface area contributed by atoms with Crippen molar-refractivity contribution < 1.29 is 23.8 Å². The molecule has 0 saturated heterocycles. The SMILES string of the molecule is COC(=O)N(C)CC1c2cc(F)ccc2N(Cc2cccc3ccccc23)C1C(=O)O. The highest BCUT2D eigenvalue weighted by Crippen LogP contribution is 2.43. The van der Waals surface area contributed by atoms with Crippen LogP contribution in [0.4, 0.5) is 14.9 Å². The molecule has 3 aromatic rings. The van der Waals surface area contributed by atoms with Gasteiger partial charge in [0.25, 0.3) is 0 Å². The third-order valence-corrected chi connectivity index (χ3v) is 5.85. The number of fused-ring (bicyclic) bond motifs is 2. The molecule has 160 valence electrons. The Kier molecular flexibility index (Phi) is 5.50. The van der Waals surface area contributed by atoms with Gasteiger partial charge in [-0.1, -0.05) is 42.5 Å². The molecule has 1 heterocycles. The highest BCUT2D eigenvalue weighted by Gasteiger charge is 2.44. The lowest BCUT2D eigenvalue weighted by molar-refractivity contribution is -0.139. The van der Waals surface area contributed by atoms with Crippen molar-refractivity contribution in [2.75, 3.05) is 25.6 Å². The van der Waals surface area contributed by atoms with Crippen molar-refractivity contribution in [2.45, 2.75) is 18.5 Å². The molecule has 0 saturated carbocycles. The predicted octanol–water partition coefficient (Wildman–Crippen LogP) is 4.23. The van der Waals surface area contributed by atoms with E-state index in [1.54, 1.807) is 11.0 Å². The summed E-state index contributed by atoms with van der Waals surface area (Å²) in [6, 6.07) is 17.2. The van der Waals surface area contributed by atoms with Crippen LogP contribution in [0.1, 0.15) is 17.0 Å². The van der Waals surface area contributed by atoms with Gasteiger partial charge in [-0.25, -0.2) is 14.0 Å². The number of anilines is 1. The van der Waals surface area contributed by atoms with Crippen LogP contribution < -0.4 is 4.90 Å². The molecule has 1 N–H and O–H groups in total. The minimum Gasteiger partial charge on any atom is -0.480 e. The fourth-order valence-electron chi connectivity index (χ4n) is 4.45. The molecule has 7 heteroatoms. The van der Waals surface area contributed by atoms with E-state index < -0.39 is 29.8 Å². The normalized spacial score (nSPS) is 17.5. The van der Waals surface area contributed by atoms with Crippen LogP contribution >= 0.6 is 0 Å². The molecule has 0 aliphatic carbocycles. The lowest BCUT2D eigenvalue weighted by atomic mass is 9.94. The summed E-state index contributed by atoms with van der Waals surface area (Å²) in [4.78, 5) is 27.4. The average molecular weight is 422 g/mol. The highest BCUT2D eigenvalue weighted by molar-refractivity contribution is 5.88. The van der Waals surface area contributed by atoms with E-state index in [0.717, 1.165) is 16.3 Å². The van der Waals surface area contributed by atoms with Crippen molar-refractivity contribution in [3.8, 4) is 0 Å². The Balaban J connectivity index is 1.78. The zero-order valence-corrected chi connectivity index (χ0v) is 17.3. The molecular weight excluding hydrogens is 399 g/mol. The van der Waals surface area contributed by atoms with E-state index in [1.165, 1.54) is 31.2 Å². The maximum atomic E-state index is 14.1. The number of rotatable bonds is 5. The van der Waals surface area contributed by atoms with E-state index in [4.69, 9.17) is 4.74 Å². The van der Waals surface area contributed by atoms with E-state index in [1.807, 2.05) is 42.5 Å². The third kappa shape index (κ3) is 3.79. The molecule has 0 aromatic heterocycles. The van der Waals surface area contributed by atoms with Crippen LogP contribution in [0.5, 0.6) is 0 Å². The number of amides is 1. The van der Waals surface area contributed by atoms with Gasteiger partial charge in [0.2, 0.25) is 0 Å². The molecular formula is C24H23FN2O4. The first-order chi connectivity index (χ1) is 14.9. The molecule has 1 amide bonds. The van der Waals surface area contributed by atoms with E-state index in [0.29, 0.717) is 17.8 Å². The van der Waals surface area contributed by atoms with Gasteiger partial charge < -0.3 is 19.6 Å². The fourth-order valence-corrected chi connectivity index (χ4v) is 4.45. The van der Waals surface area contributed by atoms with E-state index in [2.05, 4.69) is 0 Å². The topological polar surface area (TPSA) is 70.1 Å². The molecule has 3 aromatic carbocycles. The first kappa shape index (κ1) is 20.7. The van der Waals surface area contributed by atoms with Gasteiger partial charge >= 0.3 is 12.1 Å². The van der Waals surface area contributed by atoms with Crippen molar-refractivity contribution in [3.63, 3.8) is 0 Å². The number of carbonyl (C=O) groups is 2. The summed E-state index contributed by atoms with van der Waals surface area (Å²) < 4.78 is 18.9. The van der Waals surface area contributed by atoms with Gasteiger partial charge in [-0.05, 0) is 40.1 Å². The Labute approximate surface area is 179 Å². The first-order valence-electron chi connectivity index (χ1n) is 9.95. The Morgan fingerprint density at radius 2 is 1.87 bits per heavy atom. The van der Waals surface area contributed by atoms with E-state index in [9.17, 15) is 19.1 Å². The second-order valence-corrected chi connectivity index (χ2v) is 7.71. The number of methoxy groups -OCH3 is 1. The number of hydrogen-bond acceptors (Lipinski definition) is 4. The zero-order chi connectivity index (χ0) is 22.1. The minimum atomic E-state index is -1.03. The summed E-state index contributed by atoms with van der Waals surface area (Å²) in [5.74, 6) is -2.08. The van der Waals surface area contributed by atoms with Crippen LogP contribution in [-0.2, 0) is 16.1 Å². The third-order valence-electron chi connectivity index (χ3n) is 5.85. The number of halogens is 1. The van der Waals surface area contributed by atoms with Crippen molar-refractivity contribution >= 4 is 28.5 Å². The number of carboxylic acids is 1. The predicted molar refractivity (Wildman–Crippen MR) is 116 cm³/mol. The van der Waals surface area contributed by atoms with Crippen molar-refractivity contribution in [1.82, 2.24) is 4.90 Å². The Hall–Kier alpha value is -3.61. The minimum absolute atomic E-state index is 0.0894. The maximum Gasteiger partial charge on any atom is 0.409 e. The molecule has 31 heavy (non-hydrogen) atoms. The lowest BCUT2D eigenvalue weighted by Crippen LogP contribution is -2.44. The molecule has 2 atom stereocenters. The Morgan fingerprint density at radius 1 is 1.13 bits per heavy atom. The fraction of sp³-hybridized carbons (Fsp3) is 0.250. The number of likely N-dealkylation sites (N-methyl/N-ethyl adjacent to an activating group) is 1. The lowest BCUT2D eigenvalue weighted by Gasteiger charge is -2.29. The summed E-state index contributed by atoms with van der Waals surface area (Å²) in [5, 5.41) is 12.2. The van der Waals surface area contributed by atoms with Crippen LogP contribution in [0.15, 0.2) is 60.7 Å². The molecule has 1 aliphatic rings. The number of carboxylic acid groups (broad SMARTS) is 1. The standard InChI is InChI=1S/C24H23FN2O4/c1-26(24(30)31-2)14-20-19-12-17(25)10-11-21(19)27(22(20)23(28)29)13-16-8-5-7-15-6-3-4-9-18(15)16/h3-12,20,22H,13-14H2,1-2H3,(H,28,29). The molecule has 6 nitrogen and oxygen atoms in total. The Bertz CT molecular complexity index is 1140. The van der Waals surface area contributed by atoms with Crippen LogP contribution in [0.3, 0.4) is 0 Å². The summed E-state index contributed by atoms with van der Waals surface area (Å²) >= 11 is 0. The molecule has 4 rings (SSSR count). The summed E-state index contributed by atoms with van der Waals surface area (Å²) in [6.07, 6.45) is -0.574. The molecule has 0 bridgehead atoms. The van der Waals surface area contributed by atoms with Gasteiger partial charge in [0.1, 0.15) is 11.9 Å². The summed E-state index contributed by atoms with van der Waals surface area (Å²) in [6.45, 7) is 0.432. The van der Waals surface area contributed by atoms with Gasteiger partial charge in [0, 0.05) is 31.7 Å². The average Bonchev–Trinajstić information content (AvgIpc) is 3.05. The smallest absolute Gasteiger partial charge is 0.409 e. The monoisotopic (exact) mass is 422 g/mol. The molecule has 2 unspecified atom stereocenters. The second-order valence-electron chi connectivity index (χ2n) is 7.71. The van der Waals surface area contributed by atoms with Gasteiger partial charge in [-0.3, -0.25) is 0 Å². The van der Waals surface area contributed by atoms with Gasteiger partial charge in [-0.2, -0.15) is 0 Å². The first-order valence-corrected chi connectivity index (χ1v) is 9.95. The quantitative estimate of drug-likeness (QED) is 0.666. The summed E-state index contributed by atoms with van der Waals surface area (Å²) in [5.41, 5.74) is 2.20. The van der Waals surface area contributed by atoms with Crippen LogP contribution in [0.2, 0.25) is 0 Å².